The van der Waals surface area contributed by atoms with Crippen LogP contribution in [-0.4, -0.2) is 55.2 Å². The van der Waals surface area contributed by atoms with Crippen LogP contribution < -0.4 is 10.6 Å². The average Bonchev–Trinajstić information content (AvgIpc) is 2.81. The van der Waals surface area contributed by atoms with Crippen LogP contribution in [0.5, 0.6) is 0 Å². The minimum absolute atomic E-state index is 0.147. The Bertz CT molecular complexity index is 329. The molecule has 0 aromatic rings. The number of urea groups is 1. The van der Waals surface area contributed by atoms with Crippen molar-refractivity contribution in [2.24, 2.45) is 0 Å². The number of ether oxygens (including phenoxy) is 1. The summed E-state index contributed by atoms with van der Waals surface area (Å²) in [4.78, 5) is 25.4. The third-order valence-corrected chi connectivity index (χ3v) is 3.64. The van der Waals surface area contributed by atoms with Crippen molar-refractivity contribution in [2.45, 2.75) is 44.8 Å². The van der Waals surface area contributed by atoms with Crippen molar-refractivity contribution in [2.75, 3.05) is 26.2 Å². The molecule has 1 atom stereocenters. The molecule has 2 rings (SSSR count). The van der Waals surface area contributed by atoms with E-state index >= 15 is 0 Å². The van der Waals surface area contributed by atoms with Gasteiger partial charge in [-0.25, -0.2) is 4.79 Å². The molecule has 3 amide bonds. The topological polar surface area (TPSA) is 70.7 Å². The molecule has 1 aliphatic carbocycles. The Balaban J connectivity index is 1.66. The van der Waals surface area contributed by atoms with E-state index < -0.39 is 0 Å². The van der Waals surface area contributed by atoms with Gasteiger partial charge in [0, 0.05) is 19.1 Å². The highest BCUT2D eigenvalue weighted by Gasteiger charge is 2.21. The maximum absolute atomic E-state index is 11.7. The van der Waals surface area contributed by atoms with E-state index in [9.17, 15) is 9.59 Å². The molecular formula is C13H23N3O3. The van der Waals surface area contributed by atoms with Crippen LogP contribution in [0.25, 0.3) is 0 Å². The number of hydrogen-bond donors (Lipinski definition) is 2. The lowest BCUT2D eigenvalue weighted by atomic mass is 10.2. The van der Waals surface area contributed by atoms with Gasteiger partial charge in [-0.1, -0.05) is 12.8 Å². The fraction of sp³-hybridized carbons (Fsp3) is 0.846. The van der Waals surface area contributed by atoms with Crippen LogP contribution in [-0.2, 0) is 9.53 Å². The summed E-state index contributed by atoms with van der Waals surface area (Å²) in [5.74, 6) is -0.246. The quantitative estimate of drug-likeness (QED) is 0.781. The molecule has 1 saturated carbocycles. The Morgan fingerprint density at radius 2 is 2.05 bits per heavy atom. The molecule has 1 aliphatic heterocycles. The van der Waals surface area contributed by atoms with Gasteiger partial charge in [0.05, 0.1) is 19.3 Å². The fourth-order valence-electron chi connectivity index (χ4n) is 2.70. The zero-order valence-electron chi connectivity index (χ0n) is 11.5. The number of carbonyl (C=O) groups is 2. The molecular weight excluding hydrogens is 246 g/mol. The fourth-order valence-corrected chi connectivity index (χ4v) is 2.70. The van der Waals surface area contributed by atoms with Gasteiger partial charge in [0.2, 0.25) is 5.91 Å². The first-order valence-corrected chi connectivity index (χ1v) is 7.08. The van der Waals surface area contributed by atoms with Crippen molar-refractivity contribution in [3.63, 3.8) is 0 Å². The van der Waals surface area contributed by atoms with Crippen molar-refractivity contribution in [1.29, 1.82) is 0 Å². The molecule has 6 nitrogen and oxygen atoms in total. The zero-order chi connectivity index (χ0) is 13.7. The third kappa shape index (κ3) is 4.80. The van der Waals surface area contributed by atoms with Crippen LogP contribution in [0.3, 0.4) is 0 Å². The van der Waals surface area contributed by atoms with Gasteiger partial charge in [0.1, 0.15) is 0 Å². The van der Waals surface area contributed by atoms with Gasteiger partial charge in [0.25, 0.3) is 0 Å². The van der Waals surface area contributed by atoms with Crippen LogP contribution >= 0.6 is 0 Å². The van der Waals surface area contributed by atoms with E-state index in [1.165, 1.54) is 0 Å². The summed E-state index contributed by atoms with van der Waals surface area (Å²) >= 11 is 0. The third-order valence-electron chi connectivity index (χ3n) is 3.64. The van der Waals surface area contributed by atoms with E-state index in [2.05, 4.69) is 10.6 Å². The van der Waals surface area contributed by atoms with Crippen LogP contribution in [0, 0.1) is 0 Å². The predicted octanol–water partition coefficient (Wildman–Crippen LogP) is 0.476. The maximum atomic E-state index is 11.7. The van der Waals surface area contributed by atoms with E-state index in [4.69, 9.17) is 4.74 Å². The number of carbonyl (C=O) groups excluding carboxylic acids is 2. The molecule has 0 aromatic heterocycles. The van der Waals surface area contributed by atoms with Gasteiger partial charge in [-0.15, -0.1) is 0 Å². The van der Waals surface area contributed by atoms with Gasteiger partial charge >= 0.3 is 6.03 Å². The molecule has 0 spiro atoms. The Kier molecular flexibility index (Phi) is 5.15. The molecule has 0 bridgehead atoms. The standard InChI is InChI=1S/C13H23N3O3/c1-10-8-16(6-7-19-10)9-12(17)15-13(18)14-11-4-2-3-5-11/h10-11H,2-9H2,1H3,(H2,14,15,17,18). The lowest BCUT2D eigenvalue weighted by Gasteiger charge is -2.30. The molecule has 19 heavy (non-hydrogen) atoms. The Labute approximate surface area is 113 Å². The molecule has 1 heterocycles. The van der Waals surface area contributed by atoms with Gasteiger partial charge in [-0.05, 0) is 19.8 Å². The number of hydrogen-bond acceptors (Lipinski definition) is 4. The first-order valence-electron chi connectivity index (χ1n) is 7.08. The van der Waals surface area contributed by atoms with Crippen molar-refractivity contribution in [1.82, 2.24) is 15.5 Å². The van der Waals surface area contributed by atoms with E-state index in [0.717, 1.165) is 38.8 Å². The summed E-state index contributed by atoms with van der Waals surface area (Å²) in [6.45, 7) is 4.35. The molecule has 2 N–H and O–H groups in total. The van der Waals surface area contributed by atoms with E-state index in [0.29, 0.717) is 6.61 Å². The van der Waals surface area contributed by atoms with Crippen molar-refractivity contribution in [3.8, 4) is 0 Å². The second-order valence-corrected chi connectivity index (χ2v) is 5.42. The maximum Gasteiger partial charge on any atom is 0.321 e. The number of rotatable bonds is 3. The van der Waals surface area contributed by atoms with E-state index in [1.807, 2.05) is 11.8 Å². The first-order chi connectivity index (χ1) is 9.13. The summed E-state index contributed by atoms with van der Waals surface area (Å²) in [7, 11) is 0. The second kappa shape index (κ2) is 6.86. The molecule has 0 aromatic carbocycles. The highest BCUT2D eigenvalue weighted by Crippen LogP contribution is 2.17. The number of nitrogens with zero attached hydrogens (tertiary/aromatic N) is 1. The molecule has 2 fully saturated rings. The van der Waals surface area contributed by atoms with Crippen LogP contribution in [0.4, 0.5) is 4.79 Å². The SMILES string of the molecule is CC1CN(CC(=O)NC(=O)NC2CCCC2)CCO1. The number of morpholine rings is 1. The molecule has 1 unspecified atom stereocenters. The number of imide groups is 1. The lowest BCUT2D eigenvalue weighted by molar-refractivity contribution is -0.122. The lowest BCUT2D eigenvalue weighted by Crippen LogP contribution is -2.50. The Morgan fingerprint density at radius 1 is 1.32 bits per heavy atom. The number of nitrogens with one attached hydrogen (secondary N) is 2. The largest absolute Gasteiger partial charge is 0.376 e. The zero-order valence-corrected chi connectivity index (χ0v) is 11.5. The summed E-state index contributed by atoms with van der Waals surface area (Å²) in [5.41, 5.74) is 0. The van der Waals surface area contributed by atoms with Crippen molar-refractivity contribution < 1.29 is 14.3 Å². The molecule has 2 aliphatic rings. The smallest absolute Gasteiger partial charge is 0.321 e. The van der Waals surface area contributed by atoms with Gasteiger partial charge in [0.15, 0.2) is 0 Å². The average molecular weight is 269 g/mol. The minimum atomic E-state index is -0.363. The molecule has 108 valence electrons. The normalized spacial score (nSPS) is 25.2. The molecule has 6 heteroatoms. The number of amides is 3. The minimum Gasteiger partial charge on any atom is -0.376 e. The van der Waals surface area contributed by atoms with Crippen molar-refractivity contribution in [3.05, 3.63) is 0 Å². The molecule has 0 radical (unpaired) electrons. The molecule has 1 saturated heterocycles. The van der Waals surface area contributed by atoms with Crippen LogP contribution in [0.15, 0.2) is 0 Å². The Morgan fingerprint density at radius 3 is 2.74 bits per heavy atom. The Hall–Kier alpha value is -1.14. The van der Waals surface area contributed by atoms with Gasteiger partial charge < -0.3 is 10.1 Å². The predicted molar refractivity (Wildman–Crippen MR) is 70.8 cm³/mol. The summed E-state index contributed by atoms with van der Waals surface area (Å²) in [6, 6.07) is -0.130. The summed E-state index contributed by atoms with van der Waals surface area (Å²) in [6.07, 6.45) is 4.49. The highest BCUT2D eigenvalue weighted by molar-refractivity contribution is 5.95. The van der Waals surface area contributed by atoms with E-state index in [-0.39, 0.29) is 30.6 Å². The monoisotopic (exact) mass is 269 g/mol. The van der Waals surface area contributed by atoms with Crippen LogP contribution in [0.2, 0.25) is 0 Å². The second-order valence-electron chi connectivity index (χ2n) is 5.42. The summed E-state index contributed by atoms with van der Waals surface area (Å²) in [5, 5.41) is 5.24. The van der Waals surface area contributed by atoms with Crippen LogP contribution in [0.1, 0.15) is 32.6 Å². The van der Waals surface area contributed by atoms with E-state index in [1.54, 1.807) is 0 Å². The first kappa shape index (κ1) is 14.3. The summed E-state index contributed by atoms with van der Waals surface area (Å²) < 4.78 is 5.41. The highest BCUT2D eigenvalue weighted by atomic mass is 16.5. The van der Waals surface area contributed by atoms with Gasteiger partial charge in [-0.3, -0.25) is 15.0 Å². The van der Waals surface area contributed by atoms with Gasteiger partial charge in [-0.2, -0.15) is 0 Å². The van der Waals surface area contributed by atoms with Crippen molar-refractivity contribution >= 4 is 11.9 Å².